The minimum atomic E-state index is 0.341. The maximum absolute atomic E-state index is 4.86. The Kier molecular flexibility index (Phi) is 4.38. The van der Waals surface area contributed by atoms with Crippen LogP contribution in [0.25, 0.3) is 0 Å². The summed E-state index contributed by atoms with van der Waals surface area (Å²) in [6.07, 6.45) is 2.62. The standard InChI is InChI=1S/C15H21N3S2/c1-3-16-11(2)14-10-20-15(17-14)18(12-6-7-12)9-13-5-4-8-19-13/h4-5,8,10-12,16H,3,6-7,9H2,1-2H3. The van der Waals surface area contributed by atoms with Crippen molar-refractivity contribution in [3.05, 3.63) is 33.5 Å². The van der Waals surface area contributed by atoms with Gasteiger partial charge >= 0.3 is 0 Å². The summed E-state index contributed by atoms with van der Waals surface area (Å²) < 4.78 is 0. The van der Waals surface area contributed by atoms with Crippen LogP contribution in [0.4, 0.5) is 5.13 Å². The SMILES string of the molecule is CCNC(C)c1csc(N(Cc2cccs2)C2CC2)n1. The average molecular weight is 307 g/mol. The Morgan fingerprint density at radius 3 is 2.95 bits per heavy atom. The van der Waals surface area contributed by atoms with Gasteiger partial charge in [-0.2, -0.15) is 0 Å². The molecule has 5 heteroatoms. The molecule has 1 fully saturated rings. The van der Waals surface area contributed by atoms with Crippen molar-refractivity contribution in [2.45, 2.75) is 45.3 Å². The van der Waals surface area contributed by atoms with Crippen LogP contribution in [0, 0.1) is 0 Å². The number of hydrogen-bond donors (Lipinski definition) is 1. The van der Waals surface area contributed by atoms with E-state index in [1.165, 1.54) is 28.5 Å². The van der Waals surface area contributed by atoms with Crippen LogP contribution < -0.4 is 10.2 Å². The molecule has 1 N–H and O–H groups in total. The summed E-state index contributed by atoms with van der Waals surface area (Å²) in [5, 5.41) is 8.97. The Morgan fingerprint density at radius 2 is 2.30 bits per heavy atom. The maximum atomic E-state index is 4.86. The number of nitrogens with zero attached hydrogens (tertiary/aromatic N) is 2. The second-order valence-electron chi connectivity index (χ2n) is 5.27. The Labute approximate surface area is 128 Å². The molecule has 2 aromatic heterocycles. The molecule has 3 nitrogen and oxygen atoms in total. The van der Waals surface area contributed by atoms with Gasteiger partial charge in [-0.15, -0.1) is 22.7 Å². The highest BCUT2D eigenvalue weighted by atomic mass is 32.1. The fraction of sp³-hybridized carbons (Fsp3) is 0.533. The Morgan fingerprint density at radius 1 is 1.45 bits per heavy atom. The summed E-state index contributed by atoms with van der Waals surface area (Å²) in [5.41, 5.74) is 1.17. The first-order valence-electron chi connectivity index (χ1n) is 7.25. The van der Waals surface area contributed by atoms with Crippen molar-refractivity contribution < 1.29 is 0 Å². The lowest BCUT2D eigenvalue weighted by molar-refractivity contribution is 0.585. The van der Waals surface area contributed by atoms with Gasteiger partial charge in [-0.1, -0.05) is 13.0 Å². The third kappa shape index (κ3) is 3.22. The van der Waals surface area contributed by atoms with Crippen LogP contribution in [0.2, 0.25) is 0 Å². The number of aromatic nitrogens is 1. The summed E-state index contributed by atoms with van der Waals surface area (Å²) in [6.45, 7) is 6.31. The molecule has 20 heavy (non-hydrogen) atoms. The summed E-state index contributed by atoms with van der Waals surface area (Å²) in [7, 11) is 0. The molecule has 0 aromatic carbocycles. The lowest BCUT2D eigenvalue weighted by Crippen LogP contribution is -2.24. The molecule has 3 rings (SSSR count). The molecule has 1 aliphatic rings. The topological polar surface area (TPSA) is 28.2 Å². The van der Waals surface area contributed by atoms with E-state index in [4.69, 9.17) is 4.98 Å². The van der Waals surface area contributed by atoms with E-state index in [9.17, 15) is 0 Å². The molecule has 1 atom stereocenters. The minimum Gasteiger partial charge on any atom is -0.340 e. The molecule has 1 unspecified atom stereocenters. The van der Waals surface area contributed by atoms with Gasteiger partial charge < -0.3 is 10.2 Å². The summed E-state index contributed by atoms with van der Waals surface area (Å²) in [4.78, 5) is 8.77. The Balaban J connectivity index is 1.74. The van der Waals surface area contributed by atoms with Crippen molar-refractivity contribution in [3.63, 3.8) is 0 Å². The van der Waals surface area contributed by atoms with Crippen molar-refractivity contribution in [3.8, 4) is 0 Å². The van der Waals surface area contributed by atoms with E-state index in [0.29, 0.717) is 12.1 Å². The number of anilines is 1. The molecule has 0 saturated heterocycles. The van der Waals surface area contributed by atoms with Gasteiger partial charge in [0.25, 0.3) is 0 Å². The molecule has 1 aliphatic carbocycles. The van der Waals surface area contributed by atoms with Gasteiger partial charge in [0.2, 0.25) is 0 Å². The second-order valence-corrected chi connectivity index (χ2v) is 7.14. The molecule has 108 valence electrons. The molecular formula is C15H21N3S2. The van der Waals surface area contributed by atoms with Crippen LogP contribution in [0.3, 0.4) is 0 Å². The first-order chi connectivity index (χ1) is 9.78. The van der Waals surface area contributed by atoms with E-state index >= 15 is 0 Å². The Bertz CT molecular complexity index is 531. The number of thiophene rings is 1. The largest absolute Gasteiger partial charge is 0.340 e. The predicted octanol–water partition coefficient (Wildman–Crippen LogP) is 4.04. The van der Waals surface area contributed by atoms with Crippen LogP contribution in [0.15, 0.2) is 22.9 Å². The third-order valence-corrected chi connectivity index (χ3v) is 5.36. The van der Waals surface area contributed by atoms with Crippen LogP contribution in [0.1, 0.15) is 43.3 Å². The molecule has 1 saturated carbocycles. The van der Waals surface area contributed by atoms with Crippen molar-refractivity contribution in [2.24, 2.45) is 0 Å². The van der Waals surface area contributed by atoms with Crippen molar-refractivity contribution in [2.75, 3.05) is 11.4 Å². The highest BCUT2D eigenvalue weighted by Crippen LogP contribution is 2.36. The average Bonchev–Trinajstić information content (AvgIpc) is 2.95. The van der Waals surface area contributed by atoms with Crippen LogP contribution in [0.5, 0.6) is 0 Å². The van der Waals surface area contributed by atoms with Gasteiger partial charge in [0.15, 0.2) is 5.13 Å². The molecule has 0 radical (unpaired) electrons. The maximum Gasteiger partial charge on any atom is 0.186 e. The zero-order chi connectivity index (χ0) is 13.9. The fourth-order valence-electron chi connectivity index (χ4n) is 2.33. The molecule has 0 amide bonds. The molecule has 2 aromatic rings. The van der Waals surface area contributed by atoms with E-state index in [0.717, 1.165) is 13.1 Å². The van der Waals surface area contributed by atoms with Gasteiger partial charge in [0.05, 0.1) is 12.2 Å². The normalized spacial score (nSPS) is 16.3. The van der Waals surface area contributed by atoms with E-state index in [1.807, 2.05) is 11.3 Å². The monoisotopic (exact) mass is 307 g/mol. The van der Waals surface area contributed by atoms with E-state index in [2.05, 4.69) is 47.0 Å². The number of hydrogen-bond acceptors (Lipinski definition) is 5. The quantitative estimate of drug-likeness (QED) is 0.836. The number of thiazole rings is 1. The fourth-order valence-corrected chi connectivity index (χ4v) is 4.02. The van der Waals surface area contributed by atoms with E-state index in [1.54, 1.807) is 11.3 Å². The van der Waals surface area contributed by atoms with Gasteiger partial charge in [0, 0.05) is 22.3 Å². The van der Waals surface area contributed by atoms with E-state index in [-0.39, 0.29) is 0 Å². The molecule has 2 heterocycles. The van der Waals surface area contributed by atoms with Crippen molar-refractivity contribution in [1.82, 2.24) is 10.3 Å². The molecule has 0 aliphatic heterocycles. The zero-order valence-corrected chi connectivity index (χ0v) is 13.6. The molecule has 0 bridgehead atoms. The highest BCUT2D eigenvalue weighted by Gasteiger charge is 2.31. The second kappa shape index (κ2) is 6.24. The highest BCUT2D eigenvalue weighted by molar-refractivity contribution is 7.13. The minimum absolute atomic E-state index is 0.341. The lowest BCUT2D eigenvalue weighted by Gasteiger charge is -2.20. The third-order valence-electron chi connectivity index (χ3n) is 3.60. The van der Waals surface area contributed by atoms with Crippen LogP contribution >= 0.6 is 22.7 Å². The number of nitrogens with one attached hydrogen (secondary N) is 1. The summed E-state index contributed by atoms with van der Waals surface area (Å²) in [6, 6.07) is 5.39. The van der Waals surface area contributed by atoms with Crippen LogP contribution in [-0.4, -0.2) is 17.6 Å². The molecule has 0 spiro atoms. The van der Waals surface area contributed by atoms with Crippen molar-refractivity contribution in [1.29, 1.82) is 0 Å². The molecular weight excluding hydrogens is 286 g/mol. The summed E-state index contributed by atoms with van der Waals surface area (Å²) in [5.74, 6) is 0. The zero-order valence-electron chi connectivity index (χ0n) is 12.0. The Hall–Kier alpha value is -0.910. The first-order valence-corrected chi connectivity index (χ1v) is 9.01. The predicted molar refractivity (Wildman–Crippen MR) is 87.7 cm³/mol. The first kappa shape index (κ1) is 14.0. The number of rotatable bonds is 7. The smallest absolute Gasteiger partial charge is 0.186 e. The van der Waals surface area contributed by atoms with Crippen molar-refractivity contribution >= 4 is 27.8 Å². The van der Waals surface area contributed by atoms with E-state index < -0.39 is 0 Å². The van der Waals surface area contributed by atoms with Gasteiger partial charge in [0.1, 0.15) is 0 Å². The van der Waals surface area contributed by atoms with Gasteiger partial charge in [-0.05, 0) is 37.8 Å². The van der Waals surface area contributed by atoms with Crippen LogP contribution in [-0.2, 0) is 6.54 Å². The summed E-state index contributed by atoms with van der Waals surface area (Å²) >= 11 is 3.62. The lowest BCUT2D eigenvalue weighted by atomic mass is 10.2. The van der Waals surface area contributed by atoms with Gasteiger partial charge in [-0.3, -0.25) is 0 Å². The van der Waals surface area contributed by atoms with Gasteiger partial charge in [-0.25, -0.2) is 4.98 Å².